The second-order valence-corrected chi connectivity index (χ2v) is 6.40. The summed E-state index contributed by atoms with van der Waals surface area (Å²) in [6, 6.07) is 0.410. The molecule has 2 rings (SSSR count). The molecule has 1 fully saturated rings. The van der Waals surface area contributed by atoms with Gasteiger partial charge in [0.15, 0.2) is 5.82 Å². The molecule has 1 aromatic rings. The Morgan fingerprint density at radius 3 is 2.65 bits per heavy atom. The summed E-state index contributed by atoms with van der Waals surface area (Å²) < 4.78 is 1.76. The number of nitrogens with zero attached hydrogens (tertiary/aromatic N) is 2. The van der Waals surface area contributed by atoms with Crippen LogP contribution in [0.25, 0.3) is 0 Å². The topological polar surface area (TPSA) is 46.9 Å². The first-order valence-corrected chi connectivity index (χ1v) is 7.92. The molecule has 0 bridgehead atoms. The van der Waals surface area contributed by atoms with Crippen molar-refractivity contribution < 1.29 is 0 Å². The van der Waals surface area contributed by atoms with Crippen LogP contribution in [0.5, 0.6) is 0 Å². The molecule has 1 aliphatic rings. The number of hydrogen-bond donors (Lipinski definition) is 1. The predicted molar refractivity (Wildman–Crippen MR) is 83.0 cm³/mol. The first kappa shape index (κ1) is 15.1. The highest BCUT2D eigenvalue weighted by molar-refractivity contribution is 5.32. The van der Waals surface area contributed by atoms with Crippen LogP contribution in [-0.2, 0) is 6.54 Å². The molecule has 0 atom stereocenters. The average Bonchev–Trinajstić information content (AvgIpc) is 2.43. The largest absolute Gasteiger partial charge is 0.363 e. The third-order valence-electron chi connectivity index (χ3n) is 4.24. The van der Waals surface area contributed by atoms with E-state index in [0.717, 1.165) is 25.3 Å². The predicted octanol–water partition coefficient (Wildman–Crippen LogP) is 3.28. The third kappa shape index (κ3) is 3.84. The van der Waals surface area contributed by atoms with Gasteiger partial charge in [0.2, 0.25) is 0 Å². The fourth-order valence-corrected chi connectivity index (χ4v) is 2.99. The van der Waals surface area contributed by atoms with Gasteiger partial charge in [-0.05, 0) is 37.5 Å². The van der Waals surface area contributed by atoms with E-state index in [9.17, 15) is 4.79 Å². The van der Waals surface area contributed by atoms with E-state index in [1.165, 1.54) is 19.3 Å². The molecule has 1 aliphatic carbocycles. The van der Waals surface area contributed by atoms with E-state index in [4.69, 9.17) is 0 Å². The summed E-state index contributed by atoms with van der Waals surface area (Å²) in [5.74, 6) is 1.85. The summed E-state index contributed by atoms with van der Waals surface area (Å²) in [4.78, 5) is 16.6. The molecule has 0 aromatic carbocycles. The van der Waals surface area contributed by atoms with Gasteiger partial charge in [0.1, 0.15) is 0 Å². The van der Waals surface area contributed by atoms with Crippen molar-refractivity contribution in [1.29, 1.82) is 0 Å². The van der Waals surface area contributed by atoms with Crippen molar-refractivity contribution in [2.24, 2.45) is 11.8 Å². The lowest BCUT2D eigenvalue weighted by molar-refractivity contribution is 0.329. The quantitative estimate of drug-likeness (QED) is 0.898. The van der Waals surface area contributed by atoms with Crippen LogP contribution in [0.4, 0.5) is 5.82 Å². The molecule has 1 N–H and O–H groups in total. The number of aromatic nitrogens is 2. The molecule has 0 saturated heterocycles. The fourth-order valence-electron chi connectivity index (χ4n) is 2.99. The zero-order valence-corrected chi connectivity index (χ0v) is 12.9. The first-order chi connectivity index (χ1) is 9.60. The van der Waals surface area contributed by atoms with E-state index in [0.29, 0.717) is 17.8 Å². The molecule has 4 nitrogen and oxygen atoms in total. The van der Waals surface area contributed by atoms with E-state index in [1.807, 2.05) is 0 Å². The lowest BCUT2D eigenvalue weighted by atomic mass is 9.84. The summed E-state index contributed by atoms with van der Waals surface area (Å²) in [5, 5.41) is 3.36. The van der Waals surface area contributed by atoms with Gasteiger partial charge in [-0.1, -0.05) is 27.2 Å². The summed E-state index contributed by atoms with van der Waals surface area (Å²) in [6.07, 6.45) is 9.61. The molecular weight excluding hydrogens is 250 g/mol. The molecule has 4 heteroatoms. The molecule has 0 unspecified atom stereocenters. The molecule has 0 radical (unpaired) electrons. The van der Waals surface area contributed by atoms with Crippen molar-refractivity contribution in [3.05, 3.63) is 22.7 Å². The smallest absolute Gasteiger partial charge is 0.293 e. The van der Waals surface area contributed by atoms with Gasteiger partial charge in [0.25, 0.3) is 5.56 Å². The van der Waals surface area contributed by atoms with Crippen molar-refractivity contribution in [1.82, 2.24) is 9.55 Å². The number of hydrogen-bond acceptors (Lipinski definition) is 3. The Morgan fingerprint density at radius 2 is 2.05 bits per heavy atom. The Labute approximate surface area is 121 Å². The maximum Gasteiger partial charge on any atom is 0.293 e. The van der Waals surface area contributed by atoms with Gasteiger partial charge in [-0.3, -0.25) is 4.79 Å². The number of nitrogens with one attached hydrogen (secondary N) is 1. The van der Waals surface area contributed by atoms with Crippen LogP contribution in [-0.4, -0.2) is 15.6 Å². The minimum Gasteiger partial charge on any atom is -0.363 e. The van der Waals surface area contributed by atoms with E-state index >= 15 is 0 Å². The highest BCUT2D eigenvalue weighted by atomic mass is 16.1. The van der Waals surface area contributed by atoms with Gasteiger partial charge in [0, 0.05) is 25.0 Å². The van der Waals surface area contributed by atoms with E-state index in [-0.39, 0.29) is 5.56 Å². The number of anilines is 1. The standard InChI is InChI=1S/C16H27N3O/c1-4-13-5-7-14(8-6-13)18-15-16(20)19(10-9-17-15)11-12(2)3/h9-10,12-14H,4-8,11H2,1-3H3,(H,17,18). The van der Waals surface area contributed by atoms with Crippen molar-refractivity contribution >= 4 is 5.82 Å². The minimum absolute atomic E-state index is 0.0128. The average molecular weight is 277 g/mol. The summed E-state index contributed by atoms with van der Waals surface area (Å²) >= 11 is 0. The lowest BCUT2D eigenvalue weighted by Crippen LogP contribution is -2.32. The van der Waals surface area contributed by atoms with Crippen molar-refractivity contribution in [2.75, 3.05) is 5.32 Å². The molecule has 0 aliphatic heterocycles. The van der Waals surface area contributed by atoms with Gasteiger partial charge in [-0.2, -0.15) is 0 Å². The van der Waals surface area contributed by atoms with E-state index < -0.39 is 0 Å². The van der Waals surface area contributed by atoms with Gasteiger partial charge in [0.05, 0.1) is 0 Å². The van der Waals surface area contributed by atoms with Crippen LogP contribution in [0.3, 0.4) is 0 Å². The number of rotatable bonds is 5. The van der Waals surface area contributed by atoms with Crippen LogP contribution in [0, 0.1) is 11.8 Å². The van der Waals surface area contributed by atoms with Crippen molar-refractivity contribution in [2.45, 2.75) is 65.5 Å². The van der Waals surface area contributed by atoms with Gasteiger partial charge >= 0.3 is 0 Å². The molecule has 20 heavy (non-hydrogen) atoms. The molecular formula is C16H27N3O. The van der Waals surface area contributed by atoms with Crippen LogP contribution in [0.15, 0.2) is 17.2 Å². The maximum atomic E-state index is 12.3. The summed E-state index contributed by atoms with van der Waals surface area (Å²) in [7, 11) is 0. The second-order valence-electron chi connectivity index (χ2n) is 6.40. The molecule has 0 amide bonds. The van der Waals surface area contributed by atoms with Gasteiger partial charge in [-0.25, -0.2) is 4.98 Å². The van der Waals surface area contributed by atoms with Crippen LogP contribution >= 0.6 is 0 Å². The zero-order valence-electron chi connectivity index (χ0n) is 12.9. The Hall–Kier alpha value is -1.32. The zero-order chi connectivity index (χ0) is 14.5. The minimum atomic E-state index is 0.0128. The highest BCUT2D eigenvalue weighted by Gasteiger charge is 2.21. The Morgan fingerprint density at radius 1 is 1.35 bits per heavy atom. The molecule has 1 aromatic heterocycles. The molecule has 1 saturated carbocycles. The maximum absolute atomic E-state index is 12.3. The highest BCUT2D eigenvalue weighted by Crippen LogP contribution is 2.27. The lowest BCUT2D eigenvalue weighted by Gasteiger charge is -2.28. The van der Waals surface area contributed by atoms with Crippen molar-refractivity contribution in [3.8, 4) is 0 Å². The van der Waals surface area contributed by atoms with Gasteiger partial charge in [-0.15, -0.1) is 0 Å². The molecule has 112 valence electrons. The normalized spacial score (nSPS) is 23.0. The molecule has 1 heterocycles. The Kier molecular flexibility index (Phi) is 5.21. The SMILES string of the molecule is CCC1CCC(Nc2nccn(CC(C)C)c2=O)CC1. The fraction of sp³-hybridized carbons (Fsp3) is 0.750. The first-order valence-electron chi connectivity index (χ1n) is 7.92. The summed E-state index contributed by atoms with van der Waals surface area (Å²) in [6.45, 7) is 7.25. The van der Waals surface area contributed by atoms with Crippen molar-refractivity contribution in [3.63, 3.8) is 0 Å². The third-order valence-corrected chi connectivity index (χ3v) is 4.24. The Bertz CT molecular complexity index is 473. The molecule has 0 spiro atoms. The van der Waals surface area contributed by atoms with E-state index in [2.05, 4.69) is 31.1 Å². The van der Waals surface area contributed by atoms with Crippen LogP contribution in [0.1, 0.15) is 52.9 Å². The summed E-state index contributed by atoms with van der Waals surface area (Å²) in [5.41, 5.74) is 0.0128. The van der Waals surface area contributed by atoms with E-state index in [1.54, 1.807) is 17.0 Å². The van der Waals surface area contributed by atoms with Crippen LogP contribution in [0.2, 0.25) is 0 Å². The monoisotopic (exact) mass is 277 g/mol. The second kappa shape index (κ2) is 6.91. The van der Waals surface area contributed by atoms with Crippen LogP contribution < -0.4 is 10.9 Å². The Balaban J connectivity index is 2.01. The van der Waals surface area contributed by atoms with Gasteiger partial charge < -0.3 is 9.88 Å².